The number of hydrogen-bond donors (Lipinski definition) is 2. The molecule has 0 spiro atoms. The maximum Gasteiger partial charge on any atom is 0.181 e. The Hall–Kier alpha value is -1.68. The first kappa shape index (κ1) is 7.94. The van der Waals surface area contributed by atoms with Crippen molar-refractivity contribution >= 4 is 17.1 Å². The van der Waals surface area contributed by atoms with E-state index in [1.807, 2.05) is 12.1 Å². The van der Waals surface area contributed by atoms with Crippen molar-refractivity contribution in [3.8, 4) is 0 Å². The van der Waals surface area contributed by atoms with Crippen LogP contribution in [0.3, 0.4) is 0 Å². The average Bonchev–Trinajstić information content (AvgIpc) is 2.58. The standard InChI is InChI=1S/C9H9N3O/c13-6-2-4-8-7-3-1-5-10-9(7)12-11-8/h1-5,13H,6H2,(H,10,11,12). The second-order valence-corrected chi connectivity index (χ2v) is 2.60. The molecule has 4 heteroatoms. The van der Waals surface area contributed by atoms with Gasteiger partial charge in [0.1, 0.15) is 0 Å². The van der Waals surface area contributed by atoms with Crippen molar-refractivity contribution in [2.45, 2.75) is 0 Å². The van der Waals surface area contributed by atoms with E-state index in [-0.39, 0.29) is 6.61 Å². The van der Waals surface area contributed by atoms with Crippen LogP contribution in [0.15, 0.2) is 24.4 Å². The Kier molecular flexibility index (Phi) is 2.06. The topological polar surface area (TPSA) is 61.8 Å². The molecule has 0 atom stereocenters. The summed E-state index contributed by atoms with van der Waals surface area (Å²) in [6.07, 6.45) is 5.14. The molecular formula is C9H9N3O. The fraction of sp³-hybridized carbons (Fsp3) is 0.111. The van der Waals surface area contributed by atoms with Gasteiger partial charge < -0.3 is 5.11 Å². The van der Waals surface area contributed by atoms with Crippen LogP contribution in [0.25, 0.3) is 17.1 Å². The van der Waals surface area contributed by atoms with Gasteiger partial charge in [0.15, 0.2) is 5.65 Å². The first-order valence-electron chi connectivity index (χ1n) is 3.98. The molecule has 0 fully saturated rings. The highest BCUT2D eigenvalue weighted by Crippen LogP contribution is 2.13. The number of nitrogens with zero attached hydrogens (tertiary/aromatic N) is 2. The molecule has 0 aliphatic heterocycles. The minimum absolute atomic E-state index is 0.0285. The van der Waals surface area contributed by atoms with E-state index in [1.54, 1.807) is 18.3 Å². The third-order valence-electron chi connectivity index (χ3n) is 1.75. The molecule has 2 heterocycles. The number of aliphatic hydroxyl groups excluding tert-OH is 1. The molecule has 0 saturated heterocycles. The van der Waals surface area contributed by atoms with Crippen molar-refractivity contribution in [2.75, 3.05) is 6.61 Å². The number of aliphatic hydroxyl groups is 1. The van der Waals surface area contributed by atoms with Crippen LogP contribution in [0.2, 0.25) is 0 Å². The SMILES string of the molecule is OCC=Cc1[nH]nc2ncccc12. The maximum absolute atomic E-state index is 8.60. The highest BCUT2D eigenvalue weighted by atomic mass is 16.2. The summed E-state index contributed by atoms with van der Waals surface area (Å²) < 4.78 is 0. The smallest absolute Gasteiger partial charge is 0.181 e. The van der Waals surface area contributed by atoms with Crippen LogP contribution in [0, 0.1) is 0 Å². The monoisotopic (exact) mass is 175 g/mol. The van der Waals surface area contributed by atoms with Gasteiger partial charge in [-0.15, -0.1) is 0 Å². The molecule has 4 nitrogen and oxygen atoms in total. The average molecular weight is 175 g/mol. The Morgan fingerprint density at radius 2 is 2.46 bits per heavy atom. The number of H-pyrrole nitrogens is 1. The highest BCUT2D eigenvalue weighted by Gasteiger charge is 2.00. The number of fused-ring (bicyclic) bond motifs is 1. The summed E-state index contributed by atoms with van der Waals surface area (Å²) in [5, 5.41) is 16.4. The van der Waals surface area contributed by atoms with Crippen molar-refractivity contribution in [3.05, 3.63) is 30.1 Å². The number of nitrogens with one attached hydrogen (secondary N) is 1. The van der Waals surface area contributed by atoms with Crippen LogP contribution in [0.5, 0.6) is 0 Å². The highest BCUT2D eigenvalue weighted by molar-refractivity contribution is 5.83. The van der Waals surface area contributed by atoms with Crippen molar-refractivity contribution < 1.29 is 5.11 Å². The first-order chi connectivity index (χ1) is 6.42. The lowest BCUT2D eigenvalue weighted by molar-refractivity contribution is 0.343. The molecule has 13 heavy (non-hydrogen) atoms. The van der Waals surface area contributed by atoms with E-state index in [0.717, 1.165) is 11.1 Å². The van der Waals surface area contributed by atoms with Gasteiger partial charge in [-0.25, -0.2) is 4.98 Å². The Bertz CT molecular complexity index is 433. The van der Waals surface area contributed by atoms with Gasteiger partial charge in [0, 0.05) is 11.6 Å². The van der Waals surface area contributed by atoms with E-state index in [4.69, 9.17) is 5.11 Å². The molecule has 0 aliphatic carbocycles. The minimum Gasteiger partial charge on any atom is -0.392 e. The number of pyridine rings is 1. The predicted molar refractivity (Wildman–Crippen MR) is 50.0 cm³/mol. The quantitative estimate of drug-likeness (QED) is 0.714. The fourth-order valence-corrected chi connectivity index (χ4v) is 1.17. The molecule has 0 unspecified atom stereocenters. The number of aromatic amines is 1. The number of rotatable bonds is 2. The molecule has 2 aromatic heterocycles. The molecular weight excluding hydrogens is 166 g/mol. The molecule has 0 aromatic carbocycles. The Morgan fingerprint density at radius 3 is 3.31 bits per heavy atom. The molecule has 0 saturated carbocycles. The molecule has 66 valence electrons. The zero-order valence-electron chi connectivity index (χ0n) is 6.94. The van der Waals surface area contributed by atoms with Gasteiger partial charge >= 0.3 is 0 Å². The zero-order chi connectivity index (χ0) is 9.10. The van der Waals surface area contributed by atoms with E-state index >= 15 is 0 Å². The van der Waals surface area contributed by atoms with Crippen LogP contribution in [0.4, 0.5) is 0 Å². The number of hydrogen-bond acceptors (Lipinski definition) is 3. The van der Waals surface area contributed by atoms with Gasteiger partial charge in [0.25, 0.3) is 0 Å². The first-order valence-corrected chi connectivity index (χ1v) is 3.98. The Labute approximate surface area is 74.9 Å². The van der Waals surface area contributed by atoms with Crippen LogP contribution in [-0.2, 0) is 0 Å². The van der Waals surface area contributed by atoms with Gasteiger partial charge in [-0.1, -0.05) is 6.08 Å². The third kappa shape index (κ3) is 1.43. The van der Waals surface area contributed by atoms with E-state index in [9.17, 15) is 0 Å². The molecule has 2 N–H and O–H groups in total. The zero-order valence-corrected chi connectivity index (χ0v) is 6.94. The molecule has 0 aliphatic rings. The van der Waals surface area contributed by atoms with Gasteiger partial charge in [-0.3, -0.25) is 5.10 Å². The summed E-state index contributed by atoms with van der Waals surface area (Å²) in [6, 6.07) is 3.79. The largest absolute Gasteiger partial charge is 0.392 e. The summed E-state index contributed by atoms with van der Waals surface area (Å²) in [7, 11) is 0. The van der Waals surface area contributed by atoms with Gasteiger partial charge in [0.05, 0.1) is 12.3 Å². The summed E-state index contributed by atoms with van der Waals surface area (Å²) in [5.74, 6) is 0. The van der Waals surface area contributed by atoms with E-state index in [2.05, 4.69) is 15.2 Å². The lowest BCUT2D eigenvalue weighted by atomic mass is 10.2. The van der Waals surface area contributed by atoms with Crippen molar-refractivity contribution in [1.82, 2.24) is 15.2 Å². The predicted octanol–water partition coefficient (Wildman–Crippen LogP) is 0.963. The fourth-order valence-electron chi connectivity index (χ4n) is 1.17. The lowest BCUT2D eigenvalue weighted by Crippen LogP contribution is -1.75. The minimum atomic E-state index is 0.0285. The second kappa shape index (κ2) is 3.37. The van der Waals surface area contributed by atoms with Gasteiger partial charge in [-0.05, 0) is 18.2 Å². The normalized spacial score (nSPS) is 11.5. The maximum atomic E-state index is 8.60. The second-order valence-electron chi connectivity index (χ2n) is 2.60. The summed E-state index contributed by atoms with van der Waals surface area (Å²) in [6.45, 7) is 0.0285. The molecule has 2 aromatic rings. The molecule has 0 radical (unpaired) electrons. The number of aromatic nitrogens is 3. The van der Waals surface area contributed by atoms with Crippen LogP contribution in [0.1, 0.15) is 5.69 Å². The van der Waals surface area contributed by atoms with Crippen LogP contribution < -0.4 is 0 Å². The molecule has 2 rings (SSSR count). The summed E-state index contributed by atoms with van der Waals surface area (Å²) in [4.78, 5) is 4.07. The summed E-state index contributed by atoms with van der Waals surface area (Å²) >= 11 is 0. The van der Waals surface area contributed by atoms with Crippen molar-refractivity contribution in [3.63, 3.8) is 0 Å². The Morgan fingerprint density at radius 1 is 1.54 bits per heavy atom. The van der Waals surface area contributed by atoms with Gasteiger partial charge in [-0.2, -0.15) is 5.10 Å². The van der Waals surface area contributed by atoms with E-state index in [0.29, 0.717) is 5.65 Å². The third-order valence-corrected chi connectivity index (χ3v) is 1.75. The van der Waals surface area contributed by atoms with E-state index < -0.39 is 0 Å². The lowest BCUT2D eigenvalue weighted by Gasteiger charge is -1.87. The van der Waals surface area contributed by atoms with E-state index in [1.165, 1.54) is 0 Å². The molecule has 0 bridgehead atoms. The Balaban J connectivity index is 2.52. The van der Waals surface area contributed by atoms with Gasteiger partial charge in [0.2, 0.25) is 0 Å². The van der Waals surface area contributed by atoms with Crippen LogP contribution in [-0.4, -0.2) is 26.9 Å². The van der Waals surface area contributed by atoms with Crippen molar-refractivity contribution in [2.24, 2.45) is 0 Å². The van der Waals surface area contributed by atoms with Crippen molar-refractivity contribution in [1.29, 1.82) is 0 Å². The van der Waals surface area contributed by atoms with Crippen LogP contribution >= 0.6 is 0 Å². The molecule has 0 amide bonds. The summed E-state index contributed by atoms with van der Waals surface area (Å²) in [5.41, 5.74) is 1.57.